The molecule has 5 heteroatoms. The molecule has 0 aromatic rings. The molecule has 3 N–H and O–H groups in total. The van der Waals surface area contributed by atoms with E-state index in [9.17, 15) is 4.79 Å². The minimum atomic E-state index is -0.0556. The molecule has 1 atom stereocenters. The Hall–Kier alpha value is -1.00. The Morgan fingerprint density at radius 2 is 1.95 bits per heavy atom. The van der Waals surface area contributed by atoms with E-state index in [2.05, 4.69) is 40.0 Å². The first-order valence-electron chi connectivity index (χ1n) is 6.40. The van der Waals surface area contributed by atoms with Crippen molar-refractivity contribution in [3.05, 3.63) is 23.9 Å². The largest absolute Gasteiger partial charge is 0.402 e. The summed E-state index contributed by atoms with van der Waals surface area (Å²) in [6.07, 6.45) is 5.44. The SMILES string of the molecule is C=C(C)C(=O)NC(CC)[N+](C)(C)C.Cl.NC1=CCC1. The molecule has 0 saturated heterocycles. The predicted octanol–water partition coefficient (Wildman–Crippen LogP) is 2.17. The van der Waals surface area contributed by atoms with E-state index in [1.807, 2.05) is 6.08 Å². The van der Waals surface area contributed by atoms with Gasteiger partial charge in [-0.1, -0.05) is 19.6 Å². The number of amides is 1. The van der Waals surface area contributed by atoms with Crippen molar-refractivity contribution in [1.82, 2.24) is 5.32 Å². The van der Waals surface area contributed by atoms with Gasteiger partial charge in [0.2, 0.25) is 0 Å². The summed E-state index contributed by atoms with van der Waals surface area (Å²) in [6.45, 7) is 7.39. The molecular formula is C14H29ClN3O+. The van der Waals surface area contributed by atoms with Crippen molar-refractivity contribution < 1.29 is 9.28 Å². The molecule has 0 aromatic carbocycles. The minimum Gasteiger partial charge on any atom is -0.402 e. The number of carbonyl (C=O) groups is 1. The molecule has 0 aliphatic heterocycles. The van der Waals surface area contributed by atoms with Crippen LogP contribution in [0.15, 0.2) is 23.9 Å². The van der Waals surface area contributed by atoms with Gasteiger partial charge in [0.15, 0.2) is 6.17 Å². The fourth-order valence-corrected chi connectivity index (χ4v) is 1.43. The molecule has 0 heterocycles. The lowest BCUT2D eigenvalue weighted by Crippen LogP contribution is -2.54. The molecule has 0 aromatic heterocycles. The maximum Gasteiger partial charge on any atom is 0.250 e. The topological polar surface area (TPSA) is 55.1 Å². The summed E-state index contributed by atoms with van der Waals surface area (Å²) in [6, 6.07) is 0. The first-order chi connectivity index (χ1) is 8.18. The maximum absolute atomic E-state index is 11.3. The first kappa shape index (κ1) is 20.3. The number of hydrogen-bond acceptors (Lipinski definition) is 2. The maximum atomic E-state index is 11.3. The van der Waals surface area contributed by atoms with Crippen molar-refractivity contribution in [3.63, 3.8) is 0 Å². The third kappa shape index (κ3) is 8.67. The van der Waals surface area contributed by atoms with Crippen LogP contribution >= 0.6 is 12.4 Å². The Labute approximate surface area is 123 Å². The second kappa shape index (κ2) is 8.99. The molecule has 1 rings (SSSR count). The van der Waals surface area contributed by atoms with Gasteiger partial charge in [0.25, 0.3) is 5.91 Å². The highest BCUT2D eigenvalue weighted by Crippen LogP contribution is 2.09. The average Bonchev–Trinajstić information content (AvgIpc) is 2.21. The van der Waals surface area contributed by atoms with Crippen molar-refractivity contribution in [2.45, 2.75) is 39.3 Å². The van der Waals surface area contributed by atoms with Gasteiger partial charge < -0.3 is 15.5 Å². The van der Waals surface area contributed by atoms with Crippen molar-refractivity contribution in [2.24, 2.45) is 5.73 Å². The zero-order chi connectivity index (χ0) is 14.3. The van der Waals surface area contributed by atoms with Gasteiger partial charge in [-0.05, 0) is 19.8 Å². The highest BCUT2D eigenvalue weighted by atomic mass is 35.5. The first-order valence-corrected chi connectivity index (χ1v) is 6.40. The summed E-state index contributed by atoms with van der Waals surface area (Å²) in [5.74, 6) is -0.0556. The van der Waals surface area contributed by atoms with Gasteiger partial charge in [0.05, 0.1) is 21.1 Å². The monoisotopic (exact) mass is 290 g/mol. The van der Waals surface area contributed by atoms with Crippen molar-refractivity contribution in [3.8, 4) is 0 Å². The smallest absolute Gasteiger partial charge is 0.250 e. The van der Waals surface area contributed by atoms with E-state index in [1.165, 1.54) is 6.42 Å². The summed E-state index contributed by atoms with van der Waals surface area (Å²) in [7, 11) is 6.19. The van der Waals surface area contributed by atoms with Crippen LogP contribution in [0.1, 0.15) is 33.1 Å². The van der Waals surface area contributed by atoms with Crippen LogP contribution in [0.4, 0.5) is 0 Å². The lowest BCUT2D eigenvalue weighted by Gasteiger charge is -2.33. The third-order valence-corrected chi connectivity index (χ3v) is 2.85. The number of nitrogens with one attached hydrogen (secondary N) is 1. The van der Waals surface area contributed by atoms with Gasteiger partial charge >= 0.3 is 0 Å². The van der Waals surface area contributed by atoms with Gasteiger partial charge in [0, 0.05) is 17.7 Å². The molecule has 4 nitrogen and oxygen atoms in total. The Morgan fingerprint density at radius 3 is 2.11 bits per heavy atom. The fraction of sp³-hybridized carbons (Fsp3) is 0.643. The van der Waals surface area contributed by atoms with Crippen molar-refractivity contribution >= 4 is 18.3 Å². The molecule has 112 valence electrons. The highest BCUT2D eigenvalue weighted by Gasteiger charge is 2.23. The number of allylic oxidation sites excluding steroid dienone is 2. The number of nitrogens with two attached hydrogens (primary N) is 1. The normalized spacial score (nSPS) is 14.7. The molecular weight excluding hydrogens is 262 g/mol. The van der Waals surface area contributed by atoms with Crippen LogP contribution in [0, 0.1) is 0 Å². The quantitative estimate of drug-likeness (QED) is 0.474. The number of halogens is 1. The Bertz CT molecular complexity index is 332. The molecule has 1 aliphatic carbocycles. The zero-order valence-corrected chi connectivity index (χ0v) is 13.6. The standard InChI is InChI=1S/C10H20N2O.C4H7N.ClH/c1-7-9(12(4,5)6)11-10(13)8(2)3;5-4-2-1-3-4;/h9H,2,7H2,1,3-6H3;2H,1,3,5H2;1H/p+1. The summed E-state index contributed by atoms with van der Waals surface area (Å²) in [5, 5.41) is 2.94. The molecule has 1 amide bonds. The second-order valence-electron chi connectivity index (χ2n) is 5.61. The number of nitrogens with zero attached hydrogens (tertiary/aromatic N) is 1. The molecule has 0 spiro atoms. The van der Waals surface area contributed by atoms with Crippen LogP contribution in [0.2, 0.25) is 0 Å². The van der Waals surface area contributed by atoms with Gasteiger partial charge in [-0.2, -0.15) is 0 Å². The molecule has 19 heavy (non-hydrogen) atoms. The van der Waals surface area contributed by atoms with Gasteiger partial charge in [-0.3, -0.25) is 4.79 Å². The average molecular weight is 291 g/mol. The van der Waals surface area contributed by atoms with Crippen LogP contribution in [0.25, 0.3) is 0 Å². The number of quaternary nitrogens is 1. The van der Waals surface area contributed by atoms with E-state index in [-0.39, 0.29) is 24.5 Å². The van der Waals surface area contributed by atoms with Crippen LogP contribution in [-0.4, -0.2) is 37.7 Å². The lowest BCUT2D eigenvalue weighted by atomic mass is 10.1. The number of rotatable bonds is 4. The lowest BCUT2D eigenvalue weighted by molar-refractivity contribution is -0.898. The Kier molecular flexibility index (Phi) is 9.62. The third-order valence-electron chi connectivity index (χ3n) is 2.85. The Balaban J connectivity index is 0. The summed E-state index contributed by atoms with van der Waals surface area (Å²) >= 11 is 0. The van der Waals surface area contributed by atoms with Gasteiger partial charge in [-0.15, -0.1) is 12.4 Å². The molecule has 0 bridgehead atoms. The Morgan fingerprint density at radius 1 is 1.53 bits per heavy atom. The van der Waals surface area contributed by atoms with Crippen LogP contribution in [0.5, 0.6) is 0 Å². The second-order valence-corrected chi connectivity index (χ2v) is 5.61. The van der Waals surface area contributed by atoms with Crippen molar-refractivity contribution in [2.75, 3.05) is 21.1 Å². The van der Waals surface area contributed by atoms with E-state index in [0.29, 0.717) is 5.57 Å². The van der Waals surface area contributed by atoms with Gasteiger partial charge in [0.1, 0.15) is 0 Å². The van der Waals surface area contributed by atoms with E-state index in [1.54, 1.807) is 6.92 Å². The van der Waals surface area contributed by atoms with E-state index >= 15 is 0 Å². The highest BCUT2D eigenvalue weighted by molar-refractivity contribution is 5.92. The predicted molar refractivity (Wildman–Crippen MR) is 83.8 cm³/mol. The van der Waals surface area contributed by atoms with Gasteiger partial charge in [-0.25, -0.2) is 0 Å². The molecule has 0 saturated carbocycles. The number of hydrogen-bond donors (Lipinski definition) is 2. The molecule has 1 unspecified atom stereocenters. The minimum absolute atomic E-state index is 0. The molecule has 1 aliphatic rings. The zero-order valence-electron chi connectivity index (χ0n) is 12.8. The summed E-state index contributed by atoms with van der Waals surface area (Å²) in [4.78, 5) is 11.3. The van der Waals surface area contributed by atoms with E-state index in [0.717, 1.165) is 23.0 Å². The summed E-state index contributed by atoms with van der Waals surface area (Å²) < 4.78 is 0.732. The fourth-order valence-electron chi connectivity index (χ4n) is 1.43. The van der Waals surface area contributed by atoms with E-state index in [4.69, 9.17) is 5.73 Å². The number of carbonyl (C=O) groups excluding carboxylic acids is 1. The van der Waals surface area contributed by atoms with Crippen LogP contribution in [0.3, 0.4) is 0 Å². The van der Waals surface area contributed by atoms with Crippen LogP contribution in [-0.2, 0) is 4.79 Å². The van der Waals surface area contributed by atoms with Crippen LogP contribution < -0.4 is 11.1 Å². The van der Waals surface area contributed by atoms with E-state index < -0.39 is 0 Å². The summed E-state index contributed by atoms with van der Waals surface area (Å²) in [5.41, 5.74) is 6.86. The molecule has 0 radical (unpaired) electrons. The molecule has 0 fully saturated rings. The van der Waals surface area contributed by atoms with Crippen molar-refractivity contribution in [1.29, 1.82) is 0 Å².